The summed E-state index contributed by atoms with van der Waals surface area (Å²) >= 11 is 0. The molecule has 0 atom stereocenters. The van der Waals surface area contributed by atoms with Crippen LogP contribution in [-0.2, 0) is 28.7 Å². The molecule has 2 amide bonds. The summed E-state index contributed by atoms with van der Waals surface area (Å²) in [6.45, 7) is 4.80. The molecule has 0 spiro atoms. The van der Waals surface area contributed by atoms with Gasteiger partial charge in [-0.15, -0.1) is 5.10 Å². The molecule has 2 N–H and O–H groups in total. The summed E-state index contributed by atoms with van der Waals surface area (Å²) in [4.78, 5) is 52.7. The fourth-order valence-corrected chi connectivity index (χ4v) is 5.94. The molecule has 0 saturated carbocycles. The van der Waals surface area contributed by atoms with Gasteiger partial charge in [-0.05, 0) is 55.7 Å². The number of aryl methyl sites for hydroxylation is 1. The molecule has 1 fully saturated rings. The van der Waals surface area contributed by atoms with Gasteiger partial charge in [0.1, 0.15) is 18.0 Å². The molecule has 3 aromatic heterocycles. The predicted molar refractivity (Wildman–Crippen MR) is 169 cm³/mol. The van der Waals surface area contributed by atoms with Crippen molar-refractivity contribution in [2.24, 2.45) is 0 Å². The number of ether oxygens (including phenoxy) is 1. The third-order valence-corrected chi connectivity index (χ3v) is 8.36. The van der Waals surface area contributed by atoms with Crippen molar-refractivity contribution in [3.63, 3.8) is 0 Å². The van der Waals surface area contributed by atoms with Gasteiger partial charge < -0.3 is 29.5 Å². The number of fused-ring (bicyclic) bond motifs is 1. The van der Waals surface area contributed by atoms with Gasteiger partial charge in [-0.3, -0.25) is 14.4 Å². The second-order valence-corrected chi connectivity index (χ2v) is 11.5. The zero-order valence-corrected chi connectivity index (χ0v) is 26.3. The van der Waals surface area contributed by atoms with E-state index in [9.17, 15) is 32.7 Å². The summed E-state index contributed by atoms with van der Waals surface area (Å²) in [6, 6.07) is 5.99. The third kappa shape index (κ3) is 6.34. The highest BCUT2D eigenvalue weighted by Gasteiger charge is 2.32. The average molecular weight is 667 g/mol. The van der Waals surface area contributed by atoms with Crippen molar-refractivity contribution in [1.82, 2.24) is 29.0 Å². The van der Waals surface area contributed by atoms with Gasteiger partial charge in [0.25, 0.3) is 11.5 Å². The molecule has 2 aliphatic rings. The van der Waals surface area contributed by atoms with Crippen LogP contribution in [-0.4, -0.2) is 85.4 Å². The van der Waals surface area contributed by atoms with Crippen LogP contribution in [0.4, 0.5) is 24.5 Å². The molecule has 48 heavy (non-hydrogen) atoms. The van der Waals surface area contributed by atoms with Crippen LogP contribution in [0, 0.1) is 6.92 Å². The zero-order chi connectivity index (χ0) is 34.2. The Labute approximate surface area is 272 Å². The topological polar surface area (TPSA) is 147 Å². The summed E-state index contributed by atoms with van der Waals surface area (Å²) in [5.41, 5.74) is 0.613. The number of carbonyl (C=O) groups is 2. The predicted octanol–water partition coefficient (Wildman–Crippen LogP) is 3.29. The van der Waals surface area contributed by atoms with E-state index in [-0.39, 0.29) is 73.6 Å². The lowest BCUT2D eigenvalue weighted by molar-refractivity contribution is -0.137. The summed E-state index contributed by atoms with van der Waals surface area (Å²) in [6.07, 6.45) is -0.197. The number of hydrogen-bond donors (Lipinski definition) is 2. The molecule has 13 nitrogen and oxygen atoms in total. The van der Waals surface area contributed by atoms with E-state index < -0.39 is 29.1 Å². The van der Waals surface area contributed by atoms with Crippen molar-refractivity contribution in [2.45, 2.75) is 39.4 Å². The normalized spacial score (nSPS) is 15.5. The number of aromatic nitrogens is 5. The van der Waals surface area contributed by atoms with Gasteiger partial charge in [-0.1, -0.05) is 13.0 Å². The number of halogens is 3. The number of piperazine rings is 1. The number of rotatable bonds is 7. The highest BCUT2D eigenvalue weighted by Crippen LogP contribution is 2.32. The molecule has 2 aliphatic heterocycles. The zero-order valence-electron chi connectivity index (χ0n) is 26.3. The number of amides is 2. The van der Waals surface area contributed by atoms with Gasteiger partial charge in [-0.2, -0.15) is 22.7 Å². The van der Waals surface area contributed by atoms with Crippen molar-refractivity contribution in [2.75, 3.05) is 49.6 Å². The maximum absolute atomic E-state index is 14.1. The lowest BCUT2D eigenvalue weighted by Crippen LogP contribution is -2.51. The first-order valence-corrected chi connectivity index (χ1v) is 15.4. The molecule has 1 saturated heterocycles. The Morgan fingerprint density at radius 2 is 1.90 bits per heavy atom. The fraction of sp³-hybridized carbons (Fsp3) is 0.375. The minimum Gasteiger partial charge on any atom is -0.505 e. The number of nitrogens with one attached hydrogen (secondary N) is 1. The SMILES string of the molecule is CCc1c(N2CCN(C(=O)c3ncccc3O)CC2)c(=O)n2nc(C3=CCCOC3)nc2n1CC(=O)Nc1ccc(C(F)(F)F)cc1C. The van der Waals surface area contributed by atoms with Crippen LogP contribution in [0.15, 0.2) is 47.4 Å². The fourth-order valence-electron chi connectivity index (χ4n) is 5.94. The van der Waals surface area contributed by atoms with Gasteiger partial charge in [-0.25, -0.2) is 4.98 Å². The highest BCUT2D eigenvalue weighted by atomic mass is 19.4. The standard InChI is InChI=1S/C32H33F3N8O5/c1-3-23-27(40-11-13-41(14-12-40)29(46)26-24(44)7-4-10-36-26)30(47)43-31(38-28(39-43)20-6-5-15-48-18-20)42(23)17-25(45)37-22-9-8-21(16-19(22)2)32(33,34)35/h4,6-10,16,44H,3,5,11-15,17-18H2,1-2H3,(H,37,45). The number of pyridine rings is 1. The van der Waals surface area contributed by atoms with E-state index in [1.165, 1.54) is 31.3 Å². The Morgan fingerprint density at radius 3 is 2.54 bits per heavy atom. The Kier molecular flexibility index (Phi) is 8.92. The van der Waals surface area contributed by atoms with Gasteiger partial charge in [0, 0.05) is 43.6 Å². The Balaban J connectivity index is 1.35. The first kappa shape index (κ1) is 32.7. The molecular weight excluding hydrogens is 633 g/mol. The average Bonchev–Trinajstić information content (AvgIpc) is 3.53. The number of benzene rings is 1. The lowest BCUT2D eigenvalue weighted by atomic mass is 10.1. The first-order valence-electron chi connectivity index (χ1n) is 15.4. The van der Waals surface area contributed by atoms with Crippen molar-refractivity contribution in [1.29, 1.82) is 0 Å². The minimum absolute atomic E-state index is 0.0607. The van der Waals surface area contributed by atoms with Gasteiger partial charge in [0.2, 0.25) is 11.7 Å². The summed E-state index contributed by atoms with van der Waals surface area (Å²) in [7, 11) is 0. The maximum Gasteiger partial charge on any atom is 0.416 e. The van der Waals surface area contributed by atoms with Crippen molar-refractivity contribution < 1.29 is 32.6 Å². The summed E-state index contributed by atoms with van der Waals surface area (Å²) in [5, 5.41) is 17.3. The van der Waals surface area contributed by atoms with Gasteiger partial charge >= 0.3 is 6.18 Å². The van der Waals surface area contributed by atoms with Crippen LogP contribution in [0.2, 0.25) is 0 Å². The smallest absolute Gasteiger partial charge is 0.416 e. The first-order chi connectivity index (χ1) is 23.0. The molecule has 6 rings (SSSR count). The number of anilines is 2. The van der Waals surface area contributed by atoms with E-state index in [1.807, 2.05) is 17.9 Å². The van der Waals surface area contributed by atoms with Crippen LogP contribution >= 0.6 is 0 Å². The largest absolute Gasteiger partial charge is 0.505 e. The number of hydrogen-bond acceptors (Lipinski definition) is 9. The number of alkyl halides is 3. The van der Waals surface area contributed by atoms with Crippen molar-refractivity contribution in [3.8, 4) is 5.75 Å². The molecule has 0 radical (unpaired) electrons. The second kappa shape index (κ2) is 13.1. The summed E-state index contributed by atoms with van der Waals surface area (Å²) < 4.78 is 48.0. The molecule has 0 bridgehead atoms. The Morgan fingerprint density at radius 1 is 1.12 bits per heavy atom. The van der Waals surface area contributed by atoms with Crippen LogP contribution in [0.5, 0.6) is 5.75 Å². The summed E-state index contributed by atoms with van der Waals surface area (Å²) in [5.74, 6) is -0.795. The molecule has 4 aromatic rings. The third-order valence-electron chi connectivity index (χ3n) is 8.36. The van der Waals surface area contributed by atoms with Crippen LogP contribution in [0.25, 0.3) is 11.4 Å². The molecule has 16 heteroatoms. The van der Waals surface area contributed by atoms with E-state index >= 15 is 0 Å². The van der Waals surface area contributed by atoms with Gasteiger partial charge in [0.15, 0.2) is 11.5 Å². The molecule has 0 aliphatic carbocycles. The monoisotopic (exact) mass is 666 g/mol. The van der Waals surface area contributed by atoms with E-state index in [4.69, 9.17) is 4.74 Å². The molecule has 5 heterocycles. The number of aromatic hydroxyl groups is 1. The molecule has 252 valence electrons. The van der Waals surface area contributed by atoms with E-state index in [0.717, 1.165) is 16.6 Å². The van der Waals surface area contributed by atoms with E-state index in [1.54, 1.807) is 9.47 Å². The quantitative estimate of drug-likeness (QED) is 0.303. The maximum atomic E-state index is 14.1. The minimum atomic E-state index is -4.52. The Hall–Kier alpha value is -5.25. The number of nitrogens with zero attached hydrogens (tertiary/aromatic N) is 7. The van der Waals surface area contributed by atoms with Gasteiger partial charge in [0.05, 0.1) is 24.5 Å². The van der Waals surface area contributed by atoms with Crippen LogP contribution in [0.3, 0.4) is 0 Å². The molecular formula is C32H33F3N8O5. The highest BCUT2D eigenvalue weighted by molar-refractivity contribution is 5.95. The Bertz CT molecular complexity index is 1980. The van der Waals surface area contributed by atoms with Crippen LogP contribution in [0.1, 0.15) is 46.5 Å². The lowest BCUT2D eigenvalue weighted by Gasteiger charge is -2.36. The molecule has 1 aromatic carbocycles. The molecule has 0 unspecified atom stereocenters. The van der Waals surface area contributed by atoms with E-state index in [2.05, 4.69) is 20.4 Å². The van der Waals surface area contributed by atoms with Crippen molar-refractivity contribution >= 4 is 34.5 Å². The van der Waals surface area contributed by atoms with E-state index in [0.29, 0.717) is 36.4 Å². The second-order valence-electron chi connectivity index (χ2n) is 11.5. The van der Waals surface area contributed by atoms with Crippen LogP contribution < -0.4 is 15.8 Å². The number of carbonyl (C=O) groups excluding carboxylic acids is 2. The van der Waals surface area contributed by atoms with Crippen molar-refractivity contribution in [3.05, 3.63) is 81.3 Å².